The molecule has 10 heteroatoms. The average Bonchev–Trinajstić information content (AvgIpc) is 3.30. The first-order chi connectivity index (χ1) is 13.0. The molecule has 9 nitrogen and oxygen atoms in total. The molecule has 3 aromatic rings. The van der Waals surface area contributed by atoms with Crippen LogP contribution in [0.2, 0.25) is 0 Å². The van der Waals surface area contributed by atoms with Crippen LogP contribution in [-0.4, -0.2) is 30.8 Å². The van der Waals surface area contributed by atoms with Crippen molar-refractivity contribution in [1.82, 2.24) is 14.8 Å². The summed E-state index contributed by atoms with van der Waals surface area (Å²) in [6.45, 7) is 1.85. The van der Waals surface area contributed by atoms with E-state index in [1.165, 1.54) is 18.2 Å². The Bertz CT molecular complexity index is 1020. The number of aliphatic carboxylic acids is 1. The first kappa shape index (κ1) is 18.4. The second-order valence-electron chi connectivity index (χ2n) is 5.31. The molecule has 0 atom stereocenters. The van der Waals surface area contributed by atoms with Crippen molar-refractivity contribution in [2.45, 2.75) is 18.6 Å². The summed E-state index contributed by atoms with van der Waals surface area (Å²) in [6.07, 6.45) is 3.69. The van der Waals surface area contributed by atoms with Gasteiger partial charge in [-0.25, -0.2) is 4.79 Å². The minimum absolute atomic E-state index is 0.0216. The number of aryl methyl sites for hydroxylation is 1. The third kappa shape index (κ3) is 4.23. The van der Waals surface area contributed by atoms with Crippen LogP contribution < -0.4 is 0 Å². The Balaban J connectivity index is 1.95. The summed E-state index contributed by atoms with van der Waals surface area (Å²) in [5, 5.41) is 28.2. The van der Waals surface area contributed by atoms with Crippen LogP contribution in [0.25, 0.3) is 11.8 Å². The second-order valence-corrected chi connectivity index (χ2v) is 6.30. The number of thioether (sulfide) groups is 1. The van der Waals surface area contributed by atoms with E-state index >= 15 is 0 Å². The zero-order chi connectivity index (χ0) is 19.4. The molecule has 1 N–H and O–H groups in total. The first-order valence-electron chi connectivity index (χ1n) is 7.85. The average molecular weight is 386 g/mol. The maximum absolute atomic E-state index is 11.6. The van der Waals surface area contributed by atoms with Gasteiger partial charge in [-0.1, -0.05) is 13.0 Å². The van der Waals surface area contributed by atoms with Gasteiger partial charge < -0.3 is 14.1 Å². The lowest BCUT2D eigenvalue weighted by Crippen LogP contribution is -2.00. The highest BCUT2D eigenvalue weighted by Gasteiger charge is 2.16. The first-order valence-corrected chi connectivity index (χ1v) is 8.67. The van der Waals surface area contributed by atoms with Crippen LogP contribution in [0.4, 0.5) is 5.69 Å². The molecule has 0 aliphatic carbocycles. The molecular formula is C17H14N4O5S. The van der Waals surface area contributed by atoms with Gasteiger partial charge in [0.2, 0.25) is 5.89 Å². The number of nitro groups is 1. The second kappa shape index (κ2) is 7.87. The van der Waals surface area contributed by atoms with Gasteiger partial charge in [-0.05, 0) is 36.0 Å². The molecule has 0 amide bonds. The molecule has 3 rings (SSSR count). The van der Waals surface area contributed by atoms with Gasteiger partial charge in [0.25, 0.3) is 10.9 Å². The fourth-order valence-corrected chi connectivity index (χ4v) is 2.96. The minimum Gasteiger partial charge on any atom is -0.477 e. The van der Waals surface area contributed by atoms with Crippen molar-refractivity contribution in [3.63, 3.8) is 0 Å². The van der Waals surface area contributed by atoms with Gasteiger partial charge in [0.05, 0.1) is 10.6 Å². The standard InChI is InChI=1S/C17H14N4O5S/c1-2-15-18-19-17(26-15)27-14(16(22)23)10-12-7-4-8-20(12)11-5-3-6-13(9-11)21(24)25/h3-10H,2H2,1H3,(H,22,23)/b14-10-. The highest BCUT2D eigenvalue weighted by Crippen LogP contribution is 2.28. The van der Waals surface area contributed by atoms with Crippen LogP contribution in [0.3, 0.4) is 0 Å². The summed E-state index contributed by atoms with van der Waals surface area (Å²) >= 11 is 0.843. The molecule has 27 heavy (non-hydrogen) atoms. The van der Waals surface area contributed by atoms with E-state index in [2.05, 4.69) is 10.2 Å². The number of benzene rings is 1. The van der Waals surface area contributed by atoms with Crippen molar-refractivity contribution in [3.05, 3.63) is 69.2 Å². The molecule has 1 aromatic carbocycles. The summed E-state index contributed by atoms with van der Waals surface area (Å²) in [5.74, 6) is -0.731. The molecule has 0 saturated carbocycles. The van der Waals surface area contributed by atoms with Crippen molar-refractivity contribution in [2.75, 3.05) is 0 Å². The lowest BCUT2D eigenvalue weighted by molar-refractivity contribution is -0.384. The lowest BCUT2D eigenvalue weighted by atomic mass is 10.2. The minimum atomic E-state index is -1.15. The number of rotatable bonds is 7. The lowest BCUT2D eigenvalue weighted by Gasteiger charge is -2.07. The van der Waals surface area contributed by atoms with Gasteiger partial charge in [0, 0.05) is 30.4 Å². The maximum atomic E-state index is 11.6. The predicted molar refractivity (Wildman–Crippen MR) is 97.6 cm³/mol. The number of nitro benzene ring substituents is 1. The number of non-ortho nitro benzene ring substituents is 1. The summed E-state index contributed by atoms with van der Waals surface area (Å²) in [6, 6.07) is 9.49. The summed E-state index contributed by atoms with van der Waals surface area (Å²) < 4.78 is 7.00. The van der Waals surface area contributed by atoms with E-state index in [0.29, 0.717) is 23.7 Å². The van der Waals surface area contributed by atoms with Crippen LogP contribution in [0.5, 0.6) is 0 Å². The molecule has 0 radical (unpaired) electrons. The van der Waals surface area contributed by atoms with Crippen molar-refractivity contribution < 1.29 is 19.2 Å². The fourth-order valence-electron chi connectivity index (χ4n) is 2.29. The molecule has 0 bridgehead atoms. The Morgan fingerprint density at radius 3 is 2.85 bits per heavy atom. The molecule has 138 valence electrons. The molecule has 0 saturated heterocycles. The predicted octanol–water partition coefficient (Wildman–Crippen LogP) is 3.55. The van der Waals surface area contributed by atoms with Gasteiger partial charge in [-0.2, -0.15) is 0 Å². The monoisotopic (exact) mass is 386 g/mol. The number of aromatic nitrogens is 3. The highest BCUT2D eigenvalue weighted by atomic mass is 32.2. The van der Waals surface area contributed by atoms with E-state index in [9.17, 15) is 20.0 Å². The molecule has 2 aromatic heterocycles. The van der Waals surface area contributed by atoms with Crippen molar-refractivity contribution in [1.29, 1.82) is 0 Å². The third-order valence-corrected chi connectivity index (χ3v) is 4.39. The maximum Gasteiger partial charge on any atom is 0.342 e. The van der Waals surface area contributed by atoms with Gasteiger partial charge in [0.15, 0.2) is 0 Å². The zero-order valence-corrected chi connectivity index (χ0v) is 14.9. The van der Waals surface area contributed by atoms with Crippen molar-refractivity contribution >= 4 is 29.5 Å². The Labute approximate surface area is 157 Å². The smallest absolute Gasteiger partial charge is 0.342 e. The summed E-state index contributed by atoms with van der Waals surface area (Å²) in [4.78, 5) is 22.1. The zero-order valence-electron chi connectivity index (χ0n) is 14.1. The Kier molecular flexibility index (Phi) is 5.36. The van der Waals surface area contributed by atoms with Gasteiger partial charge in [-0.15, -0.1) is 10.2 Å². The van der Waals surface area contributed by atoms with Crippen molar-refractivity contribution in [3.8, 4) is 5.69 Å². The Morgan fingerprint density at radius 2 is 2.19 bits per heavy atom. The van der Waals surface area contributed by atoms with Crippen LogP contribution in [-0.2, 0) is 11.2 Å². The van der Waals surface area contributed by atoms with Crippen molar-refractivity contribution in [2.24, 2.45) is 0 Å². The van der Waals surface area contributed by atoms with Crippen LogP contribution in [0, 0.1) is 10.1 Å². The van der Waals surface area contributed by atoms with E-state index in [4.69, 9.17) is 4.42 Å². The molecular weight excluding hydrogens is 372 g/mol. The molecule has 0 fully saturated rings. The molecule has 0 spiro atoms. The number of hydrogen-bond donors (Lipinski definition) is 1. The van der Waals surface area contributed by atoms with E-state index in [-0.39, 0.29) is 15.8 Å². The van der Waals surface area contributed by atoms with E-state index < -0.39 is 10.9 Å². The van der Waals surface area contributed by atoms with E-state index in [1.54, 1.807) is 35.0 Å². The topological polar surface area (TPSA) is 124 Å². The fraction of sp³-hybridized carbons (Fsp3) is 0.118. The number of carboxylic acid groups (broad SMARTS) is 1. The molecule has 0 unspecified atom stereocenters. The largest absolute Gasteiger partial charge is 0.477 e. The summed E-state index contributed by atoms with van der Waals surface area (Å²) in [5.41, 5.74) is 1.03. The van der Waals surface area contributed by atoms with Crippen LogP contribution in [0.15, 0.2) is 57.1 Å². The van der Waals surface area contributed by atoms with E-state index in [0.717, 1.165) is 11.8 Å². The molecule has 0 aliphatic heterocycles. The van der Waals surface area contributed by atoms with Gasteiger partial charge in [-0.3, -0.25) is 10.1 Å². The Morgan fingerprint density at radius 1 is 1.37 bits per heavy atom. The van der Waals surface area contributed by atoms with Crippen LogP contribution >= 0.6 is 11.8 Å². The Hall–Kier alpha value is -3.40. The number of carboxylic acids is 1. The third-order valence-electron chi connectivity index (χ3n) is 3.54. The number of hydrogen-bond acceptors (Lipinski definition) is 7. The van der Waals surface area contributed by atoms with Crippen LogP contribution in [0.1, 0.15) is 18.5 Å². The normalized spacial score (nSPS) is 11.5. The number of nitrogens with zero attached hydrogens (tertiary/aromatic N) is 4. The SMILES string of the molecule is CCc1nnc(S/C(=C\c2cccn2-c2cccc([N+](=O)[O-])c2)C(=O)O)o1. The number of carbonyl (C=O) groups is 1. The quantitative estimate of drug-likeness (QED) is 0.283. The molecule has 0 aliphatic rings. The van der Waals surface area contributed by atoms with Gasteiger partial charge in [0.1, 0.15) is 4.91 Å². The molecule has 2 heterocycles. The van der Waals surface area contributed by atoms with Gasteiger partial charge >= 0.3 is 5.97 Å². The van der Waals surface area contributed by atoms with E-state index in [1.807, 2.05) is 6.92 Å². The summed E-state index contributed by atoms with van der Waals surface area (Å²) in [7, 11) is 0. The highest BCUT2D eigenvalue weighted by molar-refractivity contribution is 8.03.